The van der Waals surface area contributed by atoms with Crippen molar-refractivity contribution in [2.24, 2.45) is 0 Å². The van der Waals surface area contributed by atoms with Crippen LogP contribution in [-0.4, -0.2) is 11.7 Å². The van der Waals surface area contributed by atoms with Crippen molar-refractivity contribution in [1.82, 2.24) is 0 Å². The van der Waals surface area contributed by atoms with Gasteiger partial charge in [0.15, 0.2) is 0 Å². The van der Waals surface area contributed by atoms with Crippen LogP contribution in [0.3, 0.4) is 0 Å². The zero-order chi connectivity index (χ0) is 13.0. The van der Waals surface area contributed by atoms with Gasteiger partial charge in [0.05, 0.1) is 5.02 Å². The van der Waals surface area contributed by atoms with Gasteiger partial charge in [0, 0.05) is 0 Å². The van der Waals surface area contributed by atoms with Crippen LogP contribution < -0.4 is 4.74 Å². The van der Waals surface area contributed by atoms with E-state index in [4.69, 9.17) is 27.9 Å². The van der Waals surface area contributed by atoms with Crippen molar-refractivity contribution in [3.63, 3.8) is 0 Å². The predicted molar refractivity (Wildman–Crippen MR) is 73.4 cm³/mol. The monoisotopic (exact) mass is 282 g/mol. The summed E-state index contributed by atoms with van der Waals surface area (Å²) in [7, 11) is 0. The van der Waals surface area contributed by atoms with Crippen LogP contribution in [0.15, 0.2) is 48.5 Å². The fourth-order valence-electron chi connectivity index (χ4n) is 1.54. The van der Waals surface area contributed by atoms with Gasteiger partial charge in [-0.25, -0.2) is 0 Å². The third kappa shape index (κ3) is 3.16. The Bertz CT molecular complexity index is 514. The second kappa shape index (κ2) is 6.10. The maximum atomic E-state index is 9.94. The van der Waals surface area contributed by atoms with Crippen LogP contribution in [0.5, 0.6) is 5.75 Å². The third-order valence-corrected chi connectivity index (χ3v) is 3.30. The average Bonchev–Trinajstić information content (AvgIpc) is 2.41. The molecule has 0 radical (unpaired) electrons. The zero-order valence-corrected chi connectivity index (χ0v) is 11.0. The first-order valence-corrected chi connectivity index (χ1v) is 6.24. The lowest BCUT2D eigenvalue weighted by Gasteiger charge is -2.13. The van der Waals surface area contributed by atoms with Crippen molar-refractivity contribution in [3.8, 4) is 5.75 Å². The van der Waals surface area contributed by atoms with Crippen LogP contribution in [0.25, 0.3) is 0 Å². The SMILES string of the molecule is OC(COc1cccc(Cl)c1Cl)c1ccccc1. The summed E-state index contributed by atoms with van der Waals surface area (Å²) in [6.07, 6.45) is -0.693. The first kappa shape index (κ1) is 13.2. The van der Waals surface area contributed by atoms with E-state index in [0.717, 1.165) is 5.56 Å². The molecule has 1 N–H and O–H groups in total. The second-order valence-electron chi connectivity index (χ2n) is 3.79. The molecule has 94 valence electrons. The Kier molecular flexibility index (Phi) is 4.48. The number of halogens is 2. The summed E-state index contributed by atoms with van der Waals surface area (Å²) >= 11 is 11.9. The highest BCUT2D eigenvalue weighted by Crippen LogP contribution is 2.32. The van der Waals surface area contributed by atoms with Crippen molar-refractivity contribution in [2.45, 2.75) is 6.10 Å². The molecule has 0 aliphatic carbocycles. The van der Waals surface area contributed by atoms with Crippen molar-refractivity contribution in [3.05, 3.63) is 64.1 Å². The van der Waals surface area contributed by atoms with Crippen molar-refractivity contribution < 1.29 is 9.84 Å². The van der Waals surface area contributed by atoms with Crippen LogP contribution in [-0.2, 0) is 0 Å². The molecule has 0 saturated heterocycles. The predicted octanol–water partition coefficient (Wildman–Crippen LogP) is 4.11. The molecule has 0 spiro atoms. The number of rotatable bonds is 4. The normalized spacial score (nSPS) is 12.2. The highest BCUT2D eigenvalue weighted by Gasteiger charge is 2.10. The van der Waals surface area contributed by atoms with Gasteiger partial charge in [-0.05, 0) is 17.7 Å². The molecule has 2 nitrogen and oxygen atoms in total. The zero-order valence-electron chi connectivity index (χ0n) is 9.51. The van der Waals surface area contributed by atoms with E-state index in [1.54, 1.807) is 18.2 Å². The van der Waals surface area contributed by atoms with E-state index in [-0.39, 0.29) is 6.61 Å². The average molecular weight is 283 g/mol. The van der Waals surface area contributed by atoms with E-state index in [9.17, 15) is 5.11 Å². The van der Waals surface area contributed by atoms with Crippen LogP contribution in [0, 0.1) is 0 Å². The maximum Gasteiger partial charge on any atom is 0.139 e. The quantitative estimate of drug-likeness (QED) is 0.915. The Balaban J connectivity index is 2.02. The Labute approximate surface area is 116 Å². The van der Waals surface area contributed by atoms with E-state index < -0.39 is 6.10 Å². The topological polar surface area (TPSA) is 29.5 Å². The first-order chi connectivity index (χ1) is 8.68. The van der Waals surface area contributed by atoms with E-state index in [0.29, 0.717) is 15.8 Å². The molecule has 0 aliphatic heterocycles. The summed E-state index contributed by atoms with van der Waals surface area (Å²) in [6, 6.07) is 14.5. The van der Waals surface area contributed by atoms with Gasteiger partial charge in [-0.15, -0.1) is 0 Å². The Morgan fingerprint density at radius 1 is 1.00 bits per heavy atom. The summed E-state index contributed by atoms with van der Waals surface area (Å²) in [5.74, 6) is 0.471. The van der Waals surface area contributed by atoms with Gasteiger partial charge in [0.25, 0.3) is 0 Å². The minimum atomic E-state index is -0.693. The molecule has 0 fully saturated rings. The minimum absolute atomic E-state index is 0.129. The fraction of sp³-hybridized carbons (Fsp3) is 0.143. The maximum absolute atomic E-state index is 9.94. The smallest absolute Gasteiger partial charge is 0.139 e. The number of hydrogen-bond donors (Lipinski definition) is 1. The molecule has 18 heavy (non-hydrogen) atoms. The fourth-order valence-corrected chi connectivity index (χ4v) is 1.88. The number of benzene rings is 2. The third-order valence-electron chi connectivity index (χ3n) is 2.50. The van der Waals surface area contributed by atoms with Gasteiger partial charge in [-0.1, -0.05) is 59.6 Å². The molecule has 2 rings (SSSR count). The van der Waals surface area contributed by atoms with E-state index in [1.165, 1.54) is 0 Å². The highest BCUT2D eigenvalue weighted by molar-refractivity contribution is 6.42. The molecule has 0 saturated carbocycles. The molecule has 0 aromatic heterocycles. The number of aliphatic hydroxyl groups excluding tert-OH is 1. The summed E-state index contributed by atoms with van der Waals surface area (Å²) in [5.41, 5.74) is 0.802. The minimum Gasteiger partial charge on any atom is -0.489 e. The van der Waals surface area contributed by atoms with Gasteiger partial charge in [0.1, 0.15) is 23.5 Å². The van der Waals surface area contributed by atoms with Gasteiger partial charge in [-0.2, -0.15) is 0 Å². The molecule has 0 heterocycles. The lowest BCUT2D eigenvalue weighted by molar-refractivity contribution is 0.108. The largest absolute Gasteiger partial charge is 0.489 e. The van der Waals surface area contributed by atoms with Crippen LogP contribution in [0.1, 0.15) is 11.7 Å². The van der Waals surface area contributed by atoms with Crippen LogP contribution >= 0.6 is 23.2 Å². The number of hydrogen-bond acceptors (Lipinski definition) is 2. The van der Waals surface area contributed by atoms with Crippen LogP contribution in [0.4, 0.5) is 0 Å². The van der Waals surface area contributed by atoms with Crippen LogP contribution in [0.2, 0.25) is 10.0 Å². The Morgan fingerprint density at radius 2 is 1.72 bits per heavy atom. The Hall–Kier alpha value is -1.22. The lowest BCUT2D eigenvalue weighted by atomic mass is 10.1. The van der Waals surface area contributed by atoms with Crippen molar-refractivity contribution in [1.29, 1.82) is 0 Å². The summed E-state index contributed by atoms with van der Waals surface area (Å²) in [4.78, 5) is 0. The standard InChI is InChI=1S/C14H12Cl2O2/c15-11-7-4-8-13(14(11)16)18-9-12(17)10-5-2-1-3-6-10/h1-8,12,17H,9H2. The van der Waals surface area contributed by atoms with Gasteiger partial charge >= 0.3 is 0 Å². The molecule has 4 heteroatoms. The molecule has 2 aromatic rings. The molecular formula is C14H12Cl2O2. The van der Waals surface area contributed by atoms with Crippen molar-refractivity contribution in [2.75, 3.05) is 6.61 Å². The molecule has 0 amide bonds. The molecule has 2 aromatic carbocycles. The highest BCUT2D eigenvalue weighted by atomic mass is 35.5. The summed E-state index contributed by atoms with van der Waals surface area (Å²) in [6.45, 7) is 0.129. The van der Waals surface area contributed by atoms with Gasteiger partial charge in [-0.3, -0.25) is 0 Å². The van der Waals surface area contributed by atoms with Gasteiger partial charge < -0.3 is 9.84 Å². The summed E-state index contributed by atoms with van der Waals surface area (Å²) < 4.78 is 5.47. The molecule has 1 unspecified atom stereocenters. The van der Waals surface area contributed by atoms with E-state index in [1.807, 2.05) is 30.3 Å². The van der Waals surface area contributed by atoms with E-state index >= 15 is 0 Å². The van der Waals surface area contributed by atoms with Crippen molar-refractivity contribution >= 4 is 23.2 Å². The lowest BCUT2D eigenvalue weighted by Crippen LogP contribution is -2.09. The number of ether oxygens (including phenoxy) is 1. The summed E-state index contributed by atoms with van der Waals surface area (Å²) in [5, 5.41) is 10.7. The molecular weight excluding hydrogens is 271 g/mol. The second-order valence-corrected chi connectivity index (χ2v) is 4.57. The number of aliphatic hydroxyl groups is 1. The van der Waals surface area contributed by atoms with E-state index in [2.05, 4.69) is 0 Å². The Morgan fingerprint density at radius 3 is 2.44 bits per heavy atom. The first-order valence-electron chi connectivity index (χ1n) is 5.48. The molecule has 1 atom stereocenters. The molecule has 0 bridgehead atoms. The van der Waals surface area contributed by atoms with Gasteiger partial charge in [0.2, 0.25) is 0 Å². The molecule has 0 aliphatic rings.